The largest absolute Gasteiger partial charge is 0.486 e. The van der Waals surface area contributed by atoms with Crippen molar-refractivity contribution < 1.29 is 14.2 Å². The van der Waals surface area contributed by atoms with Crippen molar-refractivity contribution >= 4 is 0 Å². The minimum atomic E-state index is -0.0528. The van der Waals surface area contributed by atoms with Gasteiger partial charge in [0.05, 0.1) is 6.04 Å². The molecule has 0 aromatic heterocycles. The van der Waals surface area contributed by atoms with E-state index in [-0.39, 0.29) is 12.1 Å². The molecule has 0 spiro atoms. The molecular formula is C14H20N2O3. The van der Waals surface area contributed by atoms with Gasteiger partial charge in [-0.25, -0.2) is 0 Å². The van der Waals surface area contributed by atoms with E-state index in [1.807, 2.05) is 24.3 Å². The SMILES string of the molecule is NNC(C1CCOCC1)C1COc2ccccc2O1. The van der Waals surface area contributed by atoms with Gasteiger partial charge in [0.1, 0.15) is 12.7 Å². The van der Waals surface area contributed by atoms with E-state index >= 15 is 0 Å². The Kier molecular flexibility index (Phi) is 3.87. The fraction of sp³-hybridized carbons (Fsp3) is 0.571. The summed E-state index contributed by atoms with van der Waals surface area (Å²) in [6.45, 7) is 2.13. The molecule has 0 bridgehead atoms. The highest BCUT2D eigenvalue weighted by atomic mass is 16.6. The second-order valence-corrected chi connectivity index (χ2v) is 5.06. The molecule has 104 valence electrons. The van der Waals surface area contributed by atoms with Crippen LogP contribution in [0.4, 0.5) is 0 Å². The van der Waals surface area contributed by atoms with Gasteiger partial charge in [-0.1, -0.05) is 12.1 Å². The first-order valence-corrected chi connectivity index (χ1v) is 6.81. The van der Waals surface area contributed by atoms with E-state index in [1.165, 1.54) is 0 Å². The van der Waals surface area contributed by atoms with Crippen LogP contribution in [0.15, 0.2) is 24.3 Å². The highest BCUT2D eigenvalue weighted by Gasteiger charge is 2.34. The van der Waals surface area contributed by atoms with Crippen LogP contribution in [-0.4, -0.2) is 32.0 Å². The van der Waals surface area contributed by atoms with Gasteiger partial charge in [-0.15, -0.1) is 0 Å². The van der Waals surface area contributed by atoms with Gasteiger partial charge in [-0.05, 0) is 30.9 Å². The van der Waals surface area contributed by atoms with Crippen molar-refractivity contribution in [3.63, 3.8) is 0 Å². The second kappa shape index (κ2) is 5.77. The molecule has 0 radical (unpaired) electrons. The Bertz CT molecular complexity index is 421. The van der Waals surface area contributed by atoms with Crippen LogP contribution in [-0.2, 0) is 4.74 Å². The first-order chi connectivity index (χ1) is 9.38. The van der Waals surface area contributed by atoms with Crippen LogP contribution in [0, 0.1) is 5.92 Å². The second-order valence-electron chi connectivity index (χ2n) is 5.06. The lowest BCUT2D eigenvalue weighted by molar-refractivity contribution is 0.00378. The van der Waals surface area contributed by atoms with Crippen LogP contribution in [0.5, 0.6) is 11.5 Å². The molecule has 0 saturated carbocycles. The van der Waals surface area contributed by atoms with Gasteiger partial charge >= 0.3 is 0 Å². The number of nitrogens with two attached hydrogens (primary N) is 1. The summed E-state index contributed by atoms with van der Waals surface area (Å²) in [5, 5.41) is 0. The molecule has 19 heavy (non-hydrogen) atoms. The Morgan fingerprint density at radius 1 is 1.16 bits per heavy atom. The van der Waals surface area contributed by atoms with Crippen molar-refractivity contribution in [2.24, 2.45) is 11.8 Å². The highest BCUT2D eigenvalue weighted by molar-refractivity contribution is 5.40. The van der Waals surface area contributed by atoms with E-state index in [1.54, 1.807) is 0 Å². The Morgan fingerprint density at radius 3 is 2.63 bits per heavy atom. The van der Waals surface area contributed by atoms with Crippen molar-refractivity contribution in [1.82, 2.24) is 5.43 Å². The number of hydrogen-bond acceptors (Lipinski definition) is 5. The number of fused-ring (bicyclic) bond motifs is 1. The normalized spacial score (nSPS) is 25.0. The lowest BCUT2D eigenvalue weighted by atomic mass is 9.88. The van der Waals surface area contributed by atoms with Gasteiger partial charge in [-0.3, -0.25) is 11.3 Å². The van der Waals surface area contributed by atoms with Crippen molar-refractivity contribution in [3.05, 3.63) is 24.3 Å². The molecule has 2 aliphatic rings. The number of hydrogen-bond donors (Lipinski definition) is 2. The zero-order chi connectivity index (χ0) is 13.1. The molecule has 2 heterocycles. The minimum Gasteiger partial charge on any atom is -0.486 e. The highest BCUT2D eigenvalue weighted by Crippen LogP contribution is 2.33. The molecule has 3 N–H and O–H groups in total. The smallest absolute Gasteiger partial charge is 0.161 e. The van der Waals surface area contributed by atoms with E-state index in [4.69, 9.17) is 20.1 Å². The van der Waals surface area contributed by atoms with Crippen LogP contribution in [0.1, 0.15) is 12.8 Å². The Labute approximate surface area is 113 Å². The molecule has 0 amide bonds. The Morgan fingerprint density at radius 2 is 1.89 bits per heavy atom. The van der Waals surface area contributed by atoms with Crippen LogP contribution >= 0.6 is 0 Å². The Balaban J connectivity index is 1.71. The maximum atomic E-state index is 6.03. The molecule has 1 aromatic carbocycles. The van der Waals surface area contributed by atoms with Gasteiger partial charge in [0, 0.05) is 13.2 Å². The quantitative estimate of drug-likeness (QED) is 0.632. The topological polar surface area (TPSA) is 65.7 Å². The molecular weight excluding hydrogens is 244 g/mol. The number of benzene rings is 1. The van der Waals surface area contributed by atoms with Gasteiger partial charge in [0.15, 0.2) is 11.5 Å². The standard InChI is InChI=1S/C14H20N2O3/c15-16-14(10-5-7-17-8-6-10)13-9-18-11-3-1-2-4-12(11)19-13/h1-4,10,13-14,16H,5-9,15H2. The first kappa shape index (κ1) is 12.7. The molecule has 3 rings (SSSR count). The summed E-state index contributed by atoms with van der Waals surface area (Å²) >= 11 is 0. The van der Waals surface area contributed by atoms with E-state index in [0.29, 0.717) is 12.5 Å². The van der Waals surface area contributed by atoms with E-state index in [0.717, 1.165) is 37.6 Å². The molecule has 0 aliphatic carbocycles. The summed E-state index contributed by atoms with van der Waals surface area (Å²) in [5.41, 5.74) is 2.91. The third kappa shape index (κ3) is 2.68. The lowest BCUT2D eigenvalue weighted by Gasteiger charge is -2.37. The number of ether oxygens (including phenoxy) is 3. The summed E-state index contributed by atoms with van der Waals surface area (Å²) in [5.74, 6) is 7.80. The molecule has 1 aromatic rings. The van der Waals surface area contributed by atoms with Crippen molar-refractivity contribution in [1.29, 1.82) is 0 Å². The number of hydrazine groups is 1. The molecule has 1 fully saturated rings. The average Bonchev–Trinajstić information content (AvgIpc) is 2.49. The van der Waals surface area contributed by atoms with Crippen molar-refractivity contribution in [3.8, 4) is 11.5 Å². The van der Waals surface area contributed by atoms with Crippen LogP contribution in [0.3, 0.4) is 0 Å². The van der Waals surface area contributed by atoms with Crippen LogP contribution in [0.25, 0.3) is 0 Å². The minimum absolute atomic E-state index is 0.0528. The molecule has 2 unspecified atom stereocenters. The van der Waals surface area contributed by atoms with E-state index in [9.17, 15) is 0 Å². The number of rotatable bonds is 3. The third-order valence-electron chi connectivity index (χ3n) is 3.90. The van der Waals surface area contributed by atoms with E-state index < -0.39 is 0 Å². The zero-order valence-corrected chi connectivity index (χ0v) is 10.9. The molecule has 5 nitrogen and oxygen atoms in total. The lowest BCUT2D eigenvalue weighted by Crippen LogP contribution is -2.55. The average molecular weight is 264 g/mol. The van der Waals surface area contributed by atoms with Crippen LogP contribution in [0.2, 0.25) is 0 Å². The van der Waals surface area contributed by atoms with Gasteiger partial charge < -0.3 is 14.2 Å². The van der Waals surface area contributed by atoms with Gasteiger partial charge in [-0.2, -0.15) is 0 Å². The molecule has 1 saturated heterocycles. The van der Waals surface area contributed by atoms with Crippen LogP contribution < -0.4 is 20.7 Å². The fourth-order valence-corrected chi connectivity index (χ4v) is 2.83. The summed E-state index contributed by atoms with van der Waals surface area (Å²) in [7, 11) is 0. The molecule has 5 heteroatoms. The summed E-state index contributed by atoms with van der Waals surface area (Å²) in [6.07, 6.45) is 1.97. The third-order valence-corrected chi connectivity index (χ3v) is 3.90. The number of nitrogens with one attached hydrogen (secondary N) is 1. The fourth-order valence-electron chi connectivity index (χ4n) is 2.83. The van der Waals surface area contributed by atoms with Gasteiger partial charge in [0.25, 0.3) is 0 Å². The summed E-state index contributed by atoms with van der Waals surface area (Å²) in [6, 6.07) is 7.84. The first-order valence-electron chi connectivity index (χ1n) is 6.81. The summed E-state index contributed by atoms with van der Waals surface area (Å²) in [4.78, 5) is 0. The maximum Gasteiger partial charge on any atom is 0.161 e. The predicted molar refractivity (Wildman–Crippen MR) is 71.0 cm³/mol. The Hall–Kier alpha value is -1.30. The maximum absolute atomic E-state index is 6.03. The number of para-hydroxylation sites is 2. The monoisotopic (exact) mass is 264 g/mol. The zero-order valence-electron chi connectivity index (χ0n) is 10.9. The molecule has 2 aliphatic heterocycles. The van der Waals surface area contributed by atoms with Crippen molar-refractivity contribution in [2.75, 3.05) is 19.8 Å². The summed E-state index contributed by atoms with van der Waals surface area (Å²) < 4.78 is 17.2. The van der Waals surface area contributed by atoms with Crippen molar-refractivity contribution in [2.45, 2.75) is 25.0 Å². The predicted octanol–water partition coefficient (Wildman–Crippen LogP) is 1.08. The van der Waals surface area contributed by atoms with E-state index in [2.05, 4.69) is 5.43 Å². The van der Waals surface area contributed by atoms with Gasteiger partial charge in [0.2, 0.25) is 0 Å². The molecule has 2 atom stereocenters.